The first-order valence-electron chi connectivity index (χ1n) is 5.62. The number of carboxylic acids is 1. The smallest absolute Gasteiger partial charge is 0.337 e. The minimum Gasteiger partial charge on any atom is -0.478 e. The number of non-ortho nitro benzene ring substituents is 1. The molecule has 0 bridgehead atoms. The molecule has 0 heterocycles. The first-order chi connectivity index (χ1) is 9.88. The average Bonchev–Trinajstić information content (AvgIpc) is 2.41. The number of anilines is 2. The van der Waals surface area contributed by atoms with E-state index in [1.165, 1.54) is 12.1 Å². The summed E-state index contributed by atoms with van der Waals surface area (Å²) in [5.74, 6) is -1.99. The number of benzene rings is 2. The molecule has 0 aliphatic rings. The topological polar surface area (TPSA) is 92.5 Å². The Kier molecular flexibility index (Phi) is 4.04. The fraction of sp³-hybridized carbons (Fsp3) is 0. The number of rotatable bonds is 4. The van der Waals surface area contributed by atoms with Crippen LogP contribution in [-0.4, -0.2) is 16.0 Å². The maximum absolute atomic E-state index is 13.7. The van der Waals surface area contributed by atoms with E-state index >= 15 is 0 Å². The molecule has 0 aliphatic carbocycles. The highest BCUT2D eigenvalue weighted by atomic mass is 35.5. The third-order valence-corrected chi connectivity index (χ3v) is 2.88. The molecule has 0 fully saturated rings. The lowest BCUT2D eigenvalue weighted by atomic mass is 10.1. The minimum absolute atomic E-state index is 0.0394. The third kappa shape index (κ3) is 3.26. The highest BCUT2D eigenvalue weighted by Gasteiger charge is 2.16. The zero-order chi connectivity index (χ0) is 15.6. The van der Waals surface area contributed by atoms with E-state index in [1.807, 2.05) is 0 Å². The van der Waals surface area contributed by atoms with Gasteiger partial charge in [0, 0.05) is 17.2 Å². The molecular formula is C13H8ClFN2O4. The van der Waals surface area contributed by atoms with Crippen LogP contribution in [0.2, 0.25) is 5.02 Å². The summed E-state index contributed by atoms with van der Waals surface area (Å²) in [5.41, 5.74) is -0.646. The van der Waals surface area contributed by atoms with Gasteiger partial charge in [-0.2, -0.15) is 0 Å². The Labute approximate surface area is 122 Å². The second kappa shape index (κ2) is 5.76. The summed E-state index contributed by atoms with van der Waals surface area (Å²) in [7, 11) is 0. The molecule has 0 saturated heterocycles. The van der Waals surface area contributed by atoms with E-state index in [9.17, 15) is 19.3 Å². The van der Waals surface area contributed by atoms with Crippen LogP contribution in [0.5, 0.6) is 0 Å². The van der Waals surface area contributed by atoms with Gasteiger partial charge in [0.05, 0.1) is 21.9 Å². The molecule has 2 aromatic rings. The molecule has 6 nitrogen and oxygen atoms in total. The van der Waals surface area contributed by atoms with E-state index < -0.39 is 16.7 Å². The Morgan fingerprint density at radius 1 is 1.24 bits per heavy atom. The van der Waals surface area contributed by atoms with Gasteiger partial charge in [0.1, 0.15) is 5.82 Å². The molecule has 0 unspecified atom stereocenters. The van der Waals surface area contributed by atoms with Crippen molar-refractivity contribution in [2.75, 3.05) is 5.32 Å². The van der Waals surface area contributed by atoms with Gasteiger partial charge in [-0.15, -0.1) is 0 Å². The molecule has 2 aromatic carbocycles. The van der Waals surface area contributed by atoms with Crippen molar-refractivity contribution >= 4 is 34.6 Å². The Morgan fingerprint density at radius 3 is 2.52 bits per heavy atom. The van der Waals surface area contributed by atoms with Gasteiger partial charge in [0.15, 0.2) is 0 Å². The van der Waals surface area contributed by atoms with Crippen molar-refractivity contribution in [3.8, 4) is 0 Å². The van der Waals surface area contributed by atoms with Gasteiger partial charge in [-0.1, -0.05) is 11.6 Å². The largest absolute Gasteiger partial charge is 0.478 e. The van der Waals surface area contributed by atoms with Crippen LogP contribution < -0.4 is 5.32 Å². The van der Waals surface area contributed by atoms with E-state index in [0.29, 0.717) is 0 Å². The molecule has 2 N–H and O–H groups in total. The lowest BCUT2D eigenvalue weighted by Crippen LogP contribution is -2.04. The molecule has 0 aromatic heterocycles. The van der Waals surface area contributed by atoms with E-state index in [-0.39, 0.29) is 27.6 Å². The maximum atomic E-state index is 13.7. The van der Waals surface area contributed by atoms with Gasteiger partial charge in [-0.05, 0) is 24.3 Å². The van der Waals surface area contributed by atoms with Gasteiger partial charge in [-0.25, -0.2) is 9.18 Å². The summed E-state index contributed by atoms with van der Waals surface area (Å²) in [4.78, 5) is 21.2. The third-order valence-electron chi connectivity index (χ3n) is 2.64. The fourth-order valence-electron chi connectivity index (χ4n) is 1.67. The van der Waals surface area contributed by atoms with Crippen LogP contribution in [0.25, 0.3) is 0 Å². The zero-order valence-electron chi connectivity index (χ0n) is 10.3. The summed E-state index contributed by atoms with van der Waals surface area (Å²) >= 11 is 5.62. The van der Waals surface area contributed by atoms with Crippen molar-refractivity contribution in [3.05, 3.63) is 62.9 Å². The summed E-state index contributed by atoms with van der Waals surface area (Å²) in [6, 6.07) is 6.93. The number of nitrogens with one attached hydrogen (secondary N) is 1. The molecule has 0 amide bonds. The number of nitrogens with zero attached hydrogens (tertiary/aromatic N) is 1. The van der Waals surface area contributed by atoms with Crippen LogP contribution >= 0.6 is 11.6 Å². The number of carboxylic acid groups (broad SMARTS) is 1. The normalized spacial score (nSPS) is 10.2. The standard InChI is InChI=1S/C13H8ClFN2O4/c14-7-1-4-11(10(15)5-7)16-12-6-8(17(20)21)2-3-9(12)13(18)19/h1-6,16H,(H,18,19). The first kappa shape index (κ1) is 14.7. The number of hydrogen-bond acceptors (Lipinski definition) is 4. The van der Waals surface area contributed by atoms with Crippen molar-refractivity contribution in [2.45, 2.75) is 0 Å². The molecule has 108 valence electrons. The van der Waals surface area contributed by atoms with E-state index in [4.69, 9.17) is 16.7 Å². The van der Waals surface area contributed by atoms with Gasteiger partial charge < -0.3 is 10.4 Å². The number of hydrogen-bond donors (Lipinski definition) is 2. The SMILES string of the molecule is O=C(O)c1ccc([N+](=O)[O-])cc1Nc1ccc(Cl)cc1F. The fourth-order valence-corrected chi connectivity index (χ4v) is 1.83. The molecule has 8 heteroatoms. The molecule has 0 saturated carbocycles. The summed E-state index contributed by atoms with van der Waals surface area (Å²) in [6.07, 6.45) is 0. The Hall–Kier alpha value is -2.67. The lowest BCUT2D eigenvalue weighted by molar-refractivity contribution is -0.384. The van der Waals surface area contributed by atoms with Crippen LogP contribution in [0, 0.1) is 15.9 Å². The molecular weight excluding hydrogens is 303 g/mol. The van der Waals surface area contributed by atoms with Crippen LogP contribution in [0.4, 0.5) is 21.5 Å². The number of halogens is 2. The van der Waals surface area contributed by atoms with Crippen LogP contribution in [0.15, 0.2) is 36.4 Å². The van der Waals surface area contributed by atoms with Crippen LogP contribution in [-0.2, 0) is 0 Å². The van der Waals surface area contributed by atoms with E-state index in [1.54, 1.807) is 0 Å². The number of nitro benzene ring substituents is 1. The van der Waals surface area contributed by atoms with Gasteiger partial charge in [0.2, 0.25) is 0 Å². The zero-order valence-corrected chi connectivity index (χ0v) is 11.1. The molecule has 21 heavy (non-hydrogen) atoms. The highest BCUT2D eigenvalue weighted by Crippen LogP contribution is 2.28. The number of nitro groups is 1. The Morgan fingerprint density at radius 2 is 1.95 bits per heavy atom. The first-order valence-corrected chi connectivity index (χ1v) is 6.00. The van der Waals surface area contributed by atoms with Gasteiger partial charge in [0.25, 0.3) is 5.69 Å². The van der Waals surface area contributed by atoms with Crippen molar-refractivity contribution in [1.29, 1.82) is 0 Å². The summed E-state index contributed by atoms with van der Waals surface area (Å²) < 4.78 is 13.7. The predicted octanol–water partition coefficient (Wildman–Crippen LogP) is 3.83. The quantitative estimate of drug-likeness (QED) is 0.661. The maximum Gasteiger partial charge on any atom is 0.337 e. The van der Waals surface area contributed by atoms with E-state index in [0.717, 1.165) is 24.3 Å². The minimum atomic E-state index is -1.29. The number of aromatic carboxylic acids is 1. The summed E-state index contributed by atoms with van der Waals surface area (Å²) in [5, 5.41) is 22.5. The van der Waals surface area contributed by atoms with Gasteiger partial charge >= 0.3 is 5.97 Å². The monoisotopic (exact) mass is 310 g/mol. The van der Waals surface area contributed by atoms with Crippen molar-refractivity contribution < 1.29 is 19.2 Å². The Balaban J connectivity index is 2.48. The van der Waals surface area contributed by atoms with Crippen LogP contribution in [0.3, 0.4) is 0 Å². The van der Waals surface area contributed by atoms with Crippen molar-refractivity contribution in [3.63, 3.8) is 0 Å². The Bertz CT molecular complexity index is 736. The molecule has 0 atom stereocenters. The molecule has 0 radical (unpaired) electrons. The van der Waals surface area contributed by atoms with Crippen molar-refractivity contribution in [2.24, 2.45) is 0 Å². The molecule has 2 rings (SSSR count). The average molecular weight is 311 g/mol. The predicted molar refractivity (Wildman–Crippen MR) is 74.7 cm³/mol. The van der Waals surface area contributed by atoms with Crippen molar-refractivity contribution in [1.82, 2.24) is 0 Å². The van der Waals surface area contributed by atoms with E-state index in [2.05, 4.69) is 5.32 Å². The van der Waals surface area contributed by atoms with Crippen LogP contribution in [0.1, 0.15) is 10.4 Å². The molecule has 0 aliphatic heterocycles. The number of carbonyl (C=O) groups is 1. The second-order valence-electron chi connectivity index (χ2n) is 4.04. The molecule has 0 spiro atoms. The second-order valence-corrected chi connectivity index (χ2v) is 4.48. The summed E-state index contributed by atoms with van der Waals surface area (Å²) in [6.45, 7) is 0. The van der Waals surface area contributed by atoms with Gasteiger partial charge in [-0.3, -0.25) is 10.1 Å². The highest BCUT2D eigenvalue weighted by molar-refractivity contribution is 6.30. The lowest BCUT2D eigenvalue weighted by Gasteiger charge is -2.10.